The number of nitrogens with two attached hydrogens (primary N) is 1. The second-order valence-electron chi connectivity index (χ2n) is 4.86. The number of amides is 1. The van der Waals surface area contributed by atoms with Gasteiger partial charge in [-0.3, -0.25) is 4.79 Å². The molecule has 1 unspecified atom stereocenters. The van der Waals surface area contributed by atoms with Crippen molar-refractivity contribution in [2.45, 2.75) is 12.8 Å². The number of hydrogen-bond acceptors (Lipinski definition) is 4. The van der Waals surface area contributed by atoms with E-state index in [9.17, 15) is 4.79 Å². The average molecular weight is 284 g/mol. The van der Waals surface area contributed by atoms with Gasteiger partial charge in [0.15, 0.2) is 0 Å². The summed E-state index contributed by atoms with van der Waals surface area (Å²) in [6.45, 7) is 2.20. The van der Waals surface area contributed by atoms with Gasteiger partial charge < -0.3 is 15.4 Å². The van der Waals surface area contributed by atoms with Crippen molar-refractivity contribution in [2.24, 2.45) is 5.92 Å². The van der Waals surface area contributed by atoms with E-state index in [0.29, 0.717) is 35.5 Å². The van der Waals surface area contributed by atoms with E-state index >= 15 is 0 Å². The summed E-state index contributed by atoms with van der Waals surface area (Å²) in [4.78, 5) is 17.8. The number of rotatable bonds is 3. The monoisotopic (exact) mass is 283 g/mol. The van der Waals surface area contributed by atoms with Gasteiger partial charge in [0.25, 0.3) is 5.91 Å². The Morgan fingerprint density at radius 3 is 3.16 bits per heavy atom. The molecule has 0 bridgehead atoms. The van der Waals surface area contributed by atoms with E-state index < -0.39 is 0 Å². The molecule has 2 N–H and O–H groups in total. The van der Waals surface area contributed by atoms with Crippen LogP contribution in [0.2, 0.25) is 5.02 Å². The topological polar surface area (TPSA) is 68.5 Å². The van der Waals surface area contributed by atoms with Gasteiger partial charge >= 0.3 is 0 Å². The Morgan fingerprint density at radius 1 is 1.68 bits per heavy atom. The summed E-state index contributed by atoms with van der Waals surface area (Å²) in [7, 11) is 1.77. The number of nitrogens with zero attached hydrogens (tertiary/aromatic N) is 2. The van der Waals surface area contributed by atoms with Crippen molar-refractivity contribution >= 4 is 23.3 Å². The molecule has 1 amide bonds. The van der Waals surface area contributed by atoms with E-state index in [-0.39, 0.29) is 5.91 Å². The third kappa shape index (κ3) is 3.58. The minimum Gasteiger partial charge on any atom is -0.384 e. The van der Waals surface area contributed by atoms with E-state index in [1.165, 1.54) is 12.3 Å². The Morgan fingerprint density at radius 2 is 2.47 bits per heavy atom. The summed E-state index contributed by atoms with van der Waals surface area (Å²) in [5.41, 5.74) is 5.99. The van der Waals surface area contributed by atoms with Crippen LogP contribution in [0, 0.1) is 5.92 Å². The molecule has 0 spiro atoms. The summed E-state index contributed by atoms with van der Waals surface area (Å²) >= 11 is 5.99. The van der Waals surface area contributed by atoms with Crippen molar-refractivity contribution in [1.29, 1.82) is 0 Å². The maximum Gasteiger partial charge on any atom is 0.255 e. The SMILES string of the molecule is CN(CC1CCCOC1)C(=O)c1cc(N)ncc1Cl. The number of halogens is 1. The van der Waals surface area contributed by atoms with Gasteiger partial charge in [0.2, 0.25) is 0 Å². The Bertz CT molecular complexity index is 461. The summed E-state index contributed by atoms with van der Waals surface area (Å²) < 4.78 is 5.42. The van der Waals surface area contributed by atoms with Gasteiger partial charge in [-0.1, -0.05) is 11.6 Å². The smallest absolute Gasteiger partial charge is 0.255 e. The van der Waals surface area contributed by atoms with Crippen molar-refractivity contribution in [3.63, 3.8) is 0 Å². The van der Waals surface area contributed by atoms with Gasteiger partial charge in [-0.25, -0.2) is 4.98 Å². The molecule has 2 rings (SSSR count). The normalized spacial score (nSPS) is 19.2. The van der Waals surface area contributed by atoms with Crippen LogP contribution < -0.4 is 5.73 Å². The molecule has 0 aliphatic carbocycles. The van der Waals surface area contributed by atoms with Crippen LogP contribution >= 0.6 is 11.6 Å². The van der Waals surface area contributed by atoms with Crippen LogP contribution in [0.4, 0.5) is 5.82 Å². The number of nitrogen functional groups attached to an aromatic ring is 1. The standard InChI is InChI=1S/C13H18ClN3O2/c1-17(7-9-3-2-4-19-8-9)13(18)10-5-12(15)16-6-11(10)14/h5-6,9H,2-4,7-8H2,1H3,(H2,15,16). The molecule has 1 aliphatic rings. The minimum atomic E-state index is -0.135. The van der Waals surface area contributed by atoms with Crippen molar-refractivity contribution in [1.82, 2.24) is 9.88 Å². The lowest BCUT2D eigenvalue weighted by Crippen LogP contribution is -2.35. The number of pyridine rings is 1. The molecule has 2 heterocycles. The van der Waals surface area contributed by atoms with Crippen molar-refractivity contribution in [3.8, 4) is 0 Å². The fourth-order valence-electron chi connectivity index (χ4n) is 2.25. The first-order valence-electron chi connectivity index (χ1n) is 6.32. The zero-order valence-electron chi connectivity index (χ0n) is 10.9. The maximum absolute atomic E-state index is 12.3. The van der Waals surface area contributed by atoms with Crippen molar-refractivity contribution < 1.29 is 9.53 Å². The highest BCUT2D eigenvalue weighted by Gasteiger charge is 2.21. The summed E-state index contributed by atoms with van der Waals surface area (Å²) in [5.74, 6) is 0.549. The lowest BCUT2D eigenvalue weighted by molar-refractivity contribution is 0.0388. The van der Waals surface area contributed by atoms with E-state index in [2.05, 4.69) is 4.98 Å². The first-order chi connectivity index (χ1) is 9.08. The zero-order valence-corrected chi connectivity index (χ0v) is 11.7. The molecule has 1 aromatic heterocycles. The molecule has 5 nitrogen and oxygen atoms in total. The summed E-state index contributed by atoms with van der Waals surface area (Å²) in [5, 5.41) is 0.325. The van der Waals surface area contributed by atoms with E-state index in [1.54, 1.807) is 11.9 Å². The highest BCUT2D eigenvalue weighted by Crippen LogP contribution is 2.20. The van der Waals surface area contributed by atoms with Crippen LogP contribution in [0.1, 0.15) is 23.2 Å². The molecule has 1 aliphatic heterocycles. The minimum absolute atomic E-state index is 0.135. The molecule has 0 saturated carbocycles. The van der Waals surface area contributed by atoms with Gasteiger partial charge in [0.05, 0.1) is 17.2 Å². The molecule has 0 aromatic carbocycles. The van der Waals surface area contributed by atoms with Gasteiger partial charge in [0.1, 0.15) is 5.82 Å². The molecule has 6 heteroatoms. The maximum atomic E-state index is 12.3. The summed E-state index contributed by atoms with van der Waals surface area (Å²) in [6, 6.07) is 1.51. The highest BCUT2D eigenvalue weighted by atomic mass is 35.5. The Labute approximate surface area is 117 Å². The molecule has 1 fully saturated rings. The van der Waals surface area contributed by atoms with Crippen LogP contribution in [0.25, 0.3) is 0 Å². The number of hydrogen-bond donors (Lipinski definition) is 1. The van der Waals surface area contributed by atoms with Crippen LogP contribution in [-0.4, -0.2) is 42.6 Å². The average Bonchev–Trinajstić information content (AvgIpc) is 2.42. The van der Waals surface area contributed by atoms with Crippen molar-refractivity contribution in [3.05, 3.63) is 22.8 Å². The molecular formula is C13H18ClN3O2. The number of carbonyl (C=O) groups is 1. The Kier molecular flexibility index (Phi) is 4.61. The first-order valence-corrected chi connectivity index (χ1v) is 6.70. The van der Waals surface area contributed by atoms with Crippen LogP contribution in [-0.2, 0) is 4.74 Å². The van der Waals surface area contributed by atoms with Crippen LogP contribution in [0.5, 0.6) is 0 Å². The van der Waals surface area contributed by atoms with E-state index in [4.69, 9.17) is 22.1 Å². The van der Waals surface area contributed by atoms with Gasteiger partial charge in [0, 0.05) is 26.4 Å². The molecular weight excluding hydrogens is 266 g/mol. The van der Waals surface area contributed by atoms with Crippen LogP contribution in [0.15, 0.2) is 12.3 Å². The highest BCUT2D eigenvalue weighted by molar-refractivity contribution is 6.33. The molecule has 1 saturated heterocycles. The lowest BCUT2D eigenvalue weighted by Gasteiger charge is -2.27. The van der Waals surface area contributed by atoms with E-state index in [0.717, 1.165) is 19.4 Å². The van der Waals surface area contributed by atoms with Crippen molar-refractivity contribution in [2.75, 3.05) is 32.5 Å². The fourth-order valence-corrected chi connectivity index (χ4v) is 2.43. The molecule has 104 valence electrons. The largest absolute Gasteiger partial charge is 0.384 e. The Hall–Kier alpha value is -1.33. The van der Waals surface area contributed by atoms with Gasteiger partial charge in [-0.05, 0) is 24.8 Å². The quantitative estimate of drug-likeness (QED) is 0.919. The number of anilines is 1. The summed E-state index contributed by atoms with van der Waals surface area (Å²) in [6.07, 6.45) is 3.54. The number of carbonyl (C=O) groups excluding carboxylic acids is 1. The van der Waals surface area contributed by atoms with Gasteiger partial charge in [-0.2, -0.15) is 0 Å². The third-order valence-corrected chi connectivity index (χ3v) is 3.54. The second kappa shape index (κ2) is 6.21. The molecule has 0 radical (unpaired) electrons. The number of ether oxygens (including phenoxy) is 1. The predicted molar refractivity (Wildman–Crippen MR) is 74.2 cm³/mol. The second-order valence-corrected chi connectivity index (χ2v) is 5.27. The van der Waals surface area contributed by atoms with Crippen LogP contribution in [0.3, 0.4) is 0 Å². The number of aromatic nitrogens is 1. The molecule has 1 aromatic rings. The molecule has 19 heavy (non-hydrogen) atoms. The van der Waals surface area contributed by atoms with Gasteiger partial charge in [-0.15, -0.1) is 0 Å². The zero-order chi connectivity index (χ0) is 13.8. The van der Waals surface area contributed by atoms with E-state index in [1.807, 2.05) is 0 Å². The molecule has 1 atom stereocenters. The fraction of sp³-hybridized carbons (Fsp3) is 0.538. The third-order valence-electron chi connectivity index (χ3n) is 3.24. The Balaban J connectivity index is 2.03. The lowest BCUT2D eigenvalue weighted by atomic mass is 10.0. The first kappa shape index (κ1) is 14.1. The predicted octanol–water partition coefficient (Wildman–Crippen LogP) is 1.82.